The largest absolute Gasteiger partial charge is 0.341 e. The summed E-state index contributed by atoms with van der Waals surface area (Å²) in [6, 6.07) is 24.5. The molecule has 0 aliphatic carbocycles. The molecule has 0 aromatic heterocycles. The van der Waals surface area contributed by atoms with E-state index in [1.165, 1.54) is 0 Å². The third-order valence-corrected chi connectivity index (χ3v) is 8.03. The fourth-order valence-electron chi connectivity index (χ4n) is 4.31. The molecule has 1 saturated heterocycles. The van der Waals surface area contributed by atoms with Gasteiger partial charge in [0.25, 0.3) is 5.91 Å². The van der Waals surface area contributed by atoms with Crippen LogP contribution in [0.2, 0.25) is 0 Å². The summed E-state index contributed by atoms with van der Waals surface area (Å²) in [6.07, 6.45) is 2.92. The zero-order valence-electron chi connectivity index (χ0n) is 18.9. The van der Waals surface area contributed by atoms with Crippen LogP contribution in [0.3, 0.4) is 0 Å². The summed E-state index contributed by atoms with van der Waals surface area (Å²) in [4.78, 5) is 13.1. The number of sulfonamides is 1. The highest BCUT2D eigenvalue weighted by Gasteiger charge is 2.24. The van der Waals surface area contributed by atoms with E-state index in [4.69, 9.17) is 0 Å². The smallest absolute Gasteiger partial charge is 0.252 e. The van der Waals surface area contributed by atoms with Gasteiger partial charge in [-0.05, 0) is 54.2 Å². The van der Waals surface area contributed by atoms with E-state index in [9.17, 15) is 13.2 Å². The number of carbonyl (C=O) groups is 1. The summed E-state index contributed by atoms with van der Waals surface area (Å²) in [5.74, 6) is -0.234. The zero-order valence-corrected chi connectivity index (χ0v) is 19.7. The summed E-state index contributed by atoms with van der Waals surface area (Å²) in [5.41, 5.74) is 4.34. The number of hydrogen-bond donors (Lipinski definition) is 1. The van der Waals surface area contributed by atoms with Crippen molar-refractivity contribution in [2.45, 2.75) is 38.0 Å². The molecule has 3 aromatic rings. The predicted octanol–water partition coefficient (Wildman–Crippen LogP) is 4.83. The van der Waals surface area contributed by atoms with E-state index < -0.39 is 10.0 Å². The number of benzene rings is 3. The highest BCUT2D eigenvalue weighted by Crippen LogP contribution is 2.25. The first kappa shape index (κ1) is 23.2. The van der Waals surface area contributed by atoms with Crippen molar-refractivity contribution in [1.82, 2.24) is 9.62 Å². The summed E-state index contributed by atoms with van der Waals surface area (Å²) in [6.45, 7) is 3.24. The number of piperidine rings is 1. The zero-order chi connectivity index (χ0) is 23.3. The van der Waals surface area contributed by atoms with Crippen molar-refractivity contribution in [1.29, 1.82) is 0 Å². The molecular formula is C27H30N2O3S. The molecule has 1 amide bonds. The maximum absolute atomic E-state index is 13.1. The molecule has 1 fully saturated rings. The van der Waals surface area contributed by atoms with E-state index in [2.05, 4.69) is 5.32 Å². The van der Waals surface area contributed by atoms with Gasteiger partial charge in [-0.1, -0.05) is 73.2 Å². The Morgan fingerprint density at radius 2 is 1.52 bits per heavy atom. The minimum Gasteiger partial charge on any atom is -0.341 e. The number of nitrogens with zero attached hydrogens (tertiary/aromatic N) is 1. The van der Waals surface area contributed by atoms with Gasteiger partial charge in [0.15, 0.2) is 0 Å². The first-order valence-electron chi connectivity index (χ1n) is 11.4. The fraction of sp³-hybridized carbons (Fsp3) is 0.296. The Morgan fingerprint density at radius 1 is 0.879 bits per heavy atom. The van der Waals surface area contributed by atoms with E-state index in [-0.39, 0.29) is 17.7 Å². The van der Waals surface area contributed by atoms with E-state index in [0.717, 1.165) is 36.0 Å². The molecule has 0 spiro atoms. The van der Waals surface area contributed by atoms with Crippen molar-refractivity contribution < 1.29 is 13.2 Å². The van der Waals surface area contributed by atoms with Gasteiger partial charge in [-0.25, -0.2) is 12.7 Å². The molecule has 1 atom stereocenters. The standard InChI is InChI=1S/C27H30N2O3S/c1-21-10-6-7-13-25(21)26(23-11-4-2-5-12-23)28-27(30)24-16-14-22(15-17-24)20-33(31,32)29-18-8-3-9-19-29/h2,4-7,10-17,26H,3,8-9,18-20H2,1H3,(H,28,30)/t26-/m0/s1. The van der Waals surface area contributed by atoms with Gasteiger partial charge in [-0.2, -0.15) is 0 Å². The molecule has 1 heterocycles. The Morgan fingerprint density at radius 3 is 2.18 bits per heavy atom. The second-order valence-corrected chi connectivity index (χ2v) is 10.6. The SMILES string of the molecule is Cc1ccccc1[C@@H](NC(=O)c1ccc(CS(=O)(=O)N2CCCCC2)cc1)c1ccccc1. The molecule has 0 saturated carbocycles. The van der Waals surface area contributed by atoms with E-state index >= 15 is 0 Å². The fourth-order valence-corrected chi connectivity index (χ4v) is 5.92. The lowest BCUT2D eigenvalue weighted by Gasteiger charge is -2.25. The number of nitrogens with one attached hydrogen (secondary N) is 1. The van der Waals surface area contributed by atoms with Gasteiger partial charge < -0.3 is 5.32 Å². The lowest BCUT2D eigenvalue weighted by atomic mass is 9.94. The molecule has 0 bridgehead atoms. The van der Waals surface area contributed by atoms with Crippen molar-refractivity contribution in [2.24, 2.45) is 0 Å². The number of hydrogen-bond acceptors (Lipinski definition) is 3. The van der Waals surface area contributed by atoms with Crippen LogP contribution in [0, 0.1) is 6.92 Å². The number of rotatable bonds is 7. The summed E-state index contributed by atoms with van der Waals surface area (Å²) < 4.78 is 27.0. The summed E-state index contributed by atoms with van der Waals surface area (Å²) in [7, 11) is -3.33. The first-order valence-corrected chi connectivity index (χ1v) is 13.0. The summed E-state index contributed by atoms with van der Waals surface area (Å²) in [5, 5.41) is 3.16. The Labute approximate surface area is 196 Å². The third-order valence-electron chi connectivity index (χ3n) is 6.18. The quantitative estimate of drug-likeness (QED) is 0.547. The Balaban J connectivity index is 1.50. The van der Waals surface area contributed by atoms with Crippen molar-refractivity contribution in [2.75, 3.05) is 13.1 Å². The van der Waals surface area contributed by atoms with Crippen molar-refractivity contribution in [3.8, 4) is 0 Å². The molecule has 1 aliphatic heterocycles. The van der Waals surface area contributed by atoms with E-state index in [1.54, 1.807) is 28.6 Å². The van der Waals surface area contributed by atoms with Gasteiger partial charge in [-0.3, -0.25) is 4.79 Å². The number of amides is 1. The molecule has 1 aliphatic rings. The van der Waals surface area contributed by atoms with Crippen LogP contribution in [0.4, 0.5) is 0 Å². The Kier molecular flexibility index (Phi) is 7.26. The Bertz CT molecular complexity index is 1190. The predicted molar refractivity (Wildman–Crippen MR) is 131 cm³/mol. The molecule has 33 heavy (non-hydrogen) atoms. The summed E-state index contributed by atoms with van der Waals surface area (Å²) >= 11 is 0. The van der Waals surface area contributed by atoms with Gasteiger partial charge in [0.1, 0.15) is 0 Å². The maximum Gasteiger partial charge on any atom is 0.252 e. The topological polar surface area (TPSA) is 66.5 Å². The number of carbonyl (C=O) groups excluding carboxylic acids is 1. The highest BCUT2D eigenvalue weighted by molar-refractivity contribution is 7.88. The van der Waals surface area contributed by atoms with Gasteiger partial charge in [0, 0.05) is 18.7 Å². The molecule has 6 heteroatoms. The van der Waals surface area contributed by atoms with E-state index in [1.807, 2.05) is 61.5 Å². The molecular weight excluding hydrogens is 432 g/mol. The normalized spacial score (nSPS) is 15.7. The van der Waals surface area contributed by atoms with Gasteiger partial charge in [0.2, 0.25) is 10.0 Å². The van der Waals surface area contributed by atoms with Gasteiger partial charge in [-0.15, -0.1) is 0 Å². The average molecular weight is 463 g/mol. The minimum atomic E-state index is -3.33. The minimum absolute atomic E-state index is 0.0370. The Hall–Kier alpha value is -2.96. The number of aryl methyl sites for hydroxylation is 1. The molecule has 172 valence electrons. The van der Waals surface area contributed by atoms with Crippen LogP contribution in [0.25, 0.3) is 0 Å². The molecule has 3 aromatic carbocycles. The lowest BCUT2D eigenvalue weighted by Crippen LogP contribution is -2.36. The van der Waals surface area contributed by atoms with Crippen LogP contribution in [0.5, 0.6) is 0 Å². The highest BCUT2D eigenvalue weighted by atomic mass is 32.2. The molecule has 1 N–H and O–H groups in total. The van der Waals surface area contributed by atoms with E-state index in [0.29, 0.717) is 24.2 Å². The second kappa shape index (κ2) is 10.3. The van der Waals surface area contributed by atoms with Crippen molar-refractivity contribution in [3.63, 3.8) is 0 Å². The first-order chi connectivity index (χ1) is 15.9. The van der Waals surface area contributed by atoms with Crippen LogP contribution in [0.15, 0.2) is 78.9 Å². The average Bonchev–Trinajstić information content (AvgIpc) is 2.84. The lowest BCUT2D eigenvalue weighted by molar-refractivity contribution is 0.0943. The molecule has 4 rings (SSSR count). The van der Waals surface area contributed by atoms with Crippen LogP contribution in [-0.2, 0) is 15.8 Å². The van der Waals surface area contributed by atoms with Crippen LogP contribution >= 0.6 is 0 Å². The molecule has 0 radical (unpaired) electrons. The van der Waals surface area contributed by atoms with Crippen LogP contribution < -0.4 is 5.32 Å². The van der Waals surface area contributed by atoms with Crippen molar-refractivity contribution >= 4 is 15.9 Å². The van der Waals surface area contributed by atoms with Gasteiger partial charge >= 0.3 is 0 Å². The van der Waals surface area contributed by atoms with Crippen LogP contribution in [0.1, 0.15) is 57.9 Å². The van der Waals surface area contributed by atoms with Crippen LogP contribution in [-0.4, -0.2) is 31.7 Å². The molecule has 0 unspecified atom stereocenters. The van der Waals surface area contributed by atoms with Gasteiger partial charge in [0.05, 0.1) is 11.8 Å². The molecule has 5 nitrogen and oxygen atoms in total. The van der Waals surface area contributed by atoms with Crippen molar-refractivity contribution in [3.05, 3.63) is 107 Å². The maximum atomic E-state index is 13.1. The monoisotopic (exact) mass is 462 g/mol. The second-order valence-electron chi connectivity index (χ2n) is 8.59. The third kappa shape index (κ3) is 5.70.